The molecule has 0 aliphatic heterocycles. The van der Waals surface area contributed by atoms with Gasteiger partial charge in [0.15, 0.2) is 5.76 Å². The highest BCUT2D eigenvalue weighted by molar-refractivity contribution is 5.77. The Labute approximate surface area is 271 Å². The van der Waals surface area contributed by atoms with E-state index >= 15 is 0 Å². The number of carboxylic acids is 1. The van der Waals surface area contributed by atoms with Gasteiger partial charge in [-0.15, -0.1) is 0 Å². The number of carbonyl (C=O) groups is 1. The molecule has 0 bridgehead atoms. The van der Waals surface area contributed by atoms with Crippen molar-refractivity contribution in [3.8, 4) is 28.2 Å². The molecule has 1 unspecified atom stereocenters. The number of alkyl halides is 3. The van der Waals surface area contributed by atoms with Crippen molar-refractivity contribution in [2.24, 2.45) is 0 Å². The summed E-state index contributed by atoms with van der Waals surface area (Å²) in [5, 5.41) is 17.0. The average molecular weight is 641 g/mol. The van der Waals surface area contributed by atoms with Crippen molar-refractivity contribution in [1.29, 1.82) is 0 Å². The zero-order valence-corrected chi connectivity index (χ0v) is 26.1. The number of benzene rings is 4. The summed E-state index contributed by atoms with van der Waals surface area (Å²) in [7, 11) is 0. The van der Waals surface area contributed by atoms with Crippen LogP contribution in [0.25, 0.3) is 22.5 Å². The molecule has 1 saturated carbocycles. The molecule has 1 aliphatic carbocycles. The number of halogens is 3. The fourth-order valence-electron chi connectivity index (χ4n) is 5.90. The molecule has 0 amide bonds. The Morgan fingerprint density at radius 1 is 0.894 bits per heavy atom. The van der Waals surface area contributed by atoms with Crippen molar-refractivity contribution < 1.29 is 32.3 Å². The molecule has 1 aliphatic rings. The van der Waals surface area contributed by atoms with Crippen LogP contribution in [-0.2, 0) is 29.4 Å². The lowest BCUT2D eigenvalue weighted by Gasteiger charge is -2.16. The van der Waals surface area contributed by atoms with Crippen molar-refractivity contribution in [3.63, 3.8) is 0 Å². The first-order chi connectivity index (χ1) is 22.5. The van der Waals surface area contributed by atoms with Gasteiger partial charge in [-0.05, 0) is 85.2 Å². The van der Waals surface area contributed by atoms with Crippen LogP contribution in [0, 0.1) is 6.92 Å². The normalized spacial score (nSPS) is 14.4. The Balaban J connectivity index is 1.05. The number of hydrogen-bond acceptors (Lipinski definition) is 5. The minimum atomic E-state index is -4.36. The van der Waals surface area contributed by atoms with Crippen LogP contribution in [0.2, 0.25) is 0 Å². The third kappa shape index (κ3) is 7.51. The van der Waals surface area contributed by atoms with Gasteiger partial charge in [-0.3, -0.25) is 4.79 Å². The Morgan fingerprint density at radius 2 is 1.47 bits per heavy atom. The molecule has 5 aromatic rings. The largest absolute Gasteiger partial charge is 0.489 e. The summed E-state index contributed by atoms with van der Waals surface area (Å²) >= 11 is 0. The summed E-state index contributed by atoms with van der Waals surface area (Å²) in [5.41, 5.74) is 6.54. The lowest BCUT2D eigenvalue weighted by molar-refractivity contribution is -0.138. The third-order valence-corrected chi connectivity index (χ3v) is 8.73. The zero-order chi connectivity index (χ0) is 33.2. The van der Waals surface area contributed by atoms with E-state index in [1.165, 1.54) is 12.1 Å². The SMILES string of the molecule is Cc1noc(-c2ccc(-c3ccc(C4(CC(=O)O)CC4)cc3)cc2)c1NC(C)Cc1ccc(OCc2ccc(C(F)(F)F)cc2)cc1. The zero-order valence-electron chi connectivity index (χ0n) is 26.1. The van der Waals surface area contributed by atoms with Gasteiger partial charge in [0.1, 0.15) is 23.7 Å². The van der Waals surface area contributed by atoms with Gasteiger partial charge < -0.3 is 19.7 Å². The molecule has 0 saturated heterocycles. The summed E-state index contributed by atoms with van der Waals surface area (Å²) in [6.07, 6.45) is -1.63. The van der Waals surface area contributed by atoms with Gasteiger partial charge in [-0.1, -0.05) is 78.0 Å². The van der Waals surface area contributed by atoms with Crippen molar-refractivity contribution in [3.05, 3.63) is 125 Å². The number of nitrogens with zero attached hydrogens (tertiary/aromatic N) is 1. The number of aryl methyl sites for hydroxylation is 1. The van der Waals surface area contributed by atoms with E-state index in [2.05, 4.69) is 29.5 Å². The van der Waals surface area contributed by atoms with E-state index in [0.29, 0.717) is 17.1 Å². The van der Waals surface area contributed by atoms with Crippen LogP contribution in [0.5, 0.6) is 5.75 Å². The average Bonchev–Trinajstić information content (AvgIpc) is 3.74. The van der Waals surface area contributed by atoms with Gasteiger partial charge >= 0.3 is 12.1 Å². The molecule has 1 fully saturated rings. The summed E-state index contributed by atoms with van der Waals surface area (Å²) in [6, 6.07) is 29.0. The highest BCUT2D eigenvalue weighted by Gasteiger charge is 2.45. The van der Waals surface area contributed by atoms with Crippen molar-refractivity contribution >= 4 is 11.7 Å². The maximum Gasteiger partial charge on any atom is 0.416 e. The van der Waals surface area contributed by atoms with Crippen LogP contribution < -0.4 is 10.1 Å². The highest BCUT2D eigenvalue weighted by Crippen LogP contribution is 2.51. The maximum atomic E-state index is 12.8. The molecular formula is C38H35F3N2O4. The number of rotatable bonds is 12. The number of aliphatic carboxylic acids is 1. The van der Waals surface area contributed by atoms with Crippen LogP contribution in [0.3, 0.4) is 0 Å². The van der Waals surface area contributed by atoms with Gasteiger partial charge in [-0.2, -0.15) is 13.2 Å². The van der Waals surface area contributed by atoms with Gasteiger partial charge in [0, 0.05) is 17.0 Å². The first kappa shape index (κ1) is 31.9. The Hall–Kier alpha value is -5.05. The standard InChI is InChI=1S/C38H35F3N2O4/c1-24(21-26-5-17-33(18-6-26)46-23-27-3-13-32(14-4-27)38(39,40)41)42-35-25(2)43-47-36(35)30-9-7-28(8-10-30)29-11-15-31(16-12-29)37(19-20-37)22-34(44)45/h3-18,24,42H,19-23H2,1-2H3,(H,44,45). The van der Waals surface area contributed by atoms with Gasteiger partial charge in [0.05, 0.1) is 12.0 Å². The highest BCUT2D eigenvalue weighted by atomic mass is 19.4. The molecule has 1 atom stereocenters. The second kappa shape index (κ2) is 13.0. The lowest BCUT2D eigenvalue weighted by atomic mass is 9.91. The van der Waals surface area contributed by atoms with E-state index in [9.17, 15) is 23.1 Å². The Bertz CT molecular complexity index is 1830. The number of ether oxygens (including phenoxy) is 1. The molecule has 1 heterocycles. The topological polar surface area (TPSA) is 84.6 Å². The molecule has 6 rings (SSSR count). The van der Waals surface area contributed by atoms with Gasteiger partial charge in [0.25, 0.3) is 0 Å². The van der Waals surface area contributed by atoms with E-state index in [4.69, 9.17) is 9.26 Å². The molecule has 47 heavy (non-hydrogen) atoms. The second-order valence-electron chi connectivity index (χ2n) is 12.4. The predicted octanol–water partition coefficient (Wildman–Crippen LogP) is 9.46. The van der Waals surface area contributed by atoms with Crippen molar-refractivity contribution in [2.75, 3.05) is 5.32 Å². The summed E-state index contributed by atoms with van der Waals surface area (Å²) in [6.45, 7) is 4.16. The first-order valence-corrected chi connectivity index (χ1v) is 15.5. The quantitative estimate of drug-likeness (QED) is 0.141. The Kier molecular flexibility index (Phi) is 8.82. The molecule has 9 heteroatoms. The van der Waals surface area contributed by atoms with Crippen LogP contribution in [0.15, 0.2) is 102 Å². The van der Waals surface area contributed by atoms with Gasteiger partial charge in [0.2, 0.25) is 0 Å². The summed E-state index contributed by atoms with van der Waals surface area (Å²) in [5.74, 6) is 0.537. The maximum absolute atomic E-state index is 12.8. The smallest absolute Gasteiger partial charge is 0.416 e. The van der Waals surface area contributed by atoms with Crippen molar-refractivity contribution in [2.45, 2.75) is 63.8 Å². The molecule has 0 spiro atoms. The van der Waals surface area contributed by atoms with E-state index in [-0.39, 0.29) is 24.5 Å². The molecule has 2 N–H and O–H groups in total. The van der Waals surface area contributed by atoms with E-state index in [1.54, 1.807) is 0 Å². The number of nitrogens with one attached hydrogen (secondary N) is 1. The molecule has 4 aromatic carbocycles. The third-order valence-electron chi connectivity index (χ3n) is 8.73. The summed E-state index contributed by atoms with van der Waals surface area (Å²) < 4.78 is 49.9. The number of hydrogen-bond donors (Lipinski definition) is 2. The van der Waals surface area contributed by atoms with E-state index in [1.807, 2.05) is 67.6 Å². The van der Waals surface area contributed by atoms with Crippen LogP contribution >= 0.6 is 0 Å². The minimum Gasteiger partial charge on any atom is -0.489 e. The molecule has 0 radical (unpaired) electrons. The molecule has 6 nitrogen and oxygen atoms in total. The lowest BCUT2D eigenvalue weighted by Crippen LogP contribution is -2.18. The molecular weight excluding hydrogens is 605 g/mol. The van der Waals surface area contributed by atoms with E-state index in [0.717, 1.165) is 70.6 Å². The number of aromatic nitrogens is 1. The van der Waals surface area contributed by atoms with Crippen LogP contribution in [-0.4, -0.2) is 22.3 Å². The van der Waals surface area contributed by atoms with E-state index < -0.39 is 17.7 Å². The number of anilines is 1. The van der Waals surface area contributed by atoms with Crippen molar-refractivity contribution in [1.82, 2.24) is 5.16 Å². The fraction of sp³-hybridized carbons (Fsp3) is 0.263. The minimum absolute atomic E-state index is 0.0550. The fourth-order valence-corrected chi connectivity index (χ4v) is 5.90. The Morgan fingerprint density at radius 3 is 2.04 bits per heavy atom. The first-order valence-electron chi connectivity index (χ1n) is 15.5. The van der Waals surface area contributed by atoms with Gasteiger partial charge in [-0.25, -0.2) is 0 Å². The van der Waals surface area contributed by atoms with Crippen LogP contribution in [0.1, 0.15) is 54.1 Å². The number of carboxylic acid groups (broad SMARTS) is 1. The monoisotopic (exact) mass is 640 g/mol. The second-order valence-corrected chi connectivity index (χ2v) is 12.4. The predicted molar refractivity (Wildman–Crippen MR) is 174 cm³/mol. The molecule has 242 valence electrons. The van der Waals surface area contributed by atoms with Crippen LogP contribution in [0.4, 0.5) is 18.9 Å². The molecule has 1 aromatic heterocycles. The summed E-state index contributed by atoms with van der Waals surface area (Å²) in [4.78, 5) is 11.3.